The third-order valence-electron chi connectivity index (χ3n) is 2.57. The second-order valence-corrected chi connectivity index (χ2v) is 4.06. The van der Waals surface area contributed by atoms with Crippen molar-refractivity contribution in [3.63, 3.8) is 0 Å². The molecule has 114 valence electrons. The van der Waals surface area contributed by atoms with Crippen LogP contribution in [-0.2, 0) is 0 Å². The number of nitro benzene ring substituents is 1. The quantitative estimate of drug-likeness (QED) is 0.492. The van der Waals surface area contributed by atoms with E-state index in [4.69, 9.17) is 0 Å². The highest BCUT2D eigenvalue weighted by Gasteiger charge is 2.34. The number of hydrogen-bond donors (Lipinski definition) is 0. The summed E-state index contributed by atoms with van der Waals surface area (Å²) in [6, 6.07) is 5.40. The minimum absolute atomic E-state index is 0.144. The summed E-state index contributed by atoms with van der Waals surface area (Å²) in [5, 5.41) is 10.9. The smallest absolute Gasteiger partial charge is 0.398 e. The Kier molecular flexibility index (Phi) is 4.06. The highest BCUT2D eigenvalue weighted by molar-refractivity contribution is 6.09. The Morgan fingerprint density at radius 1 is 1.23 bits per heavy atom. The first-order valence-corrected chi connectivity index (χ1v) is 5.77. The molecule has 0 unspecified atom stereocenters. The van der Waals surface area contributed by atoms with E-state index < -0.39 is 28.5 Å². The summed E-state index contributed by atoms with van der Waals surface area (Å²) in [6.07, 6.45) is -2.40. The molecule has 0 spiro atoms. The van der Waals surface area contributed by atoms with Crippen LogP contribution in [0.1, 0.15) is 15.9 Å². The Bertz CT molecular complexity index is 717. The van der Waals surface area contributed by atoms with Gasteiger partial charge in [0.15, 0.2) is 5.78 Å². The van der Waals surface area contributed by atoms with Crippen LogP contribution in [0.5, 0.6) is 5.75 Å². The van der Waals surface area contributed by atoms with Crippen LogP contribution in [0, 0.1) is 10.1 Å². The van der Waals surface area contributed by atoms with Crippen LogP contribution < -0.4 is 4.74 Å². The summed E-state index contributed by atoms with van der Waals surface area (Å²) < 4.78 is 40.1. The van der Waals surface area contributed by atoms with Crippen molar-refractivity contribution in [3.05, 3.63) is 64.0 Å². The molecule has 1 aromatic carbocycles. The van der Waals surface area contributed by atoms with Gasteiger partial charge in [-0.1, -0.05) is 0 Å². The number of carbonyl (C=O) groups is 1. The van der Waals surface area contributed by atoms with Crippen LogP contribution in [0.3, 0.4) is 0 Å². The number of halogens is 3. The molecular weight excluding hydrogens is 305 g/mol. The van der Waals surface area contributed by atoms with Crippen molar-refractivity contribution < 1.29 is 27.6 Å². The van der Waals surface area contributed by atoms with Crippen molar-refractivity contribution in [3.8, 4) is 5.75 Å². The van der Waals surface area contributed by atoms with Crippen molar-refractivity contribution in [2.45, 2.75) is 6.36 Å². The molecule has 0 aliphatic carbocycles. The SMILES string of the molecule is O=C(c1cccnc1)c1ccc(OC(F)(F)F)c([N+](=O)[O-])c1. The summed E-state index contributed by atoms with van der Waals surface area (Å²) in [6.45, 7) is 0. The average Bonchev–Trinajstić information content (AvgIpc) is 2.46. The number of nitrogens with zero attached hydrogens (tertiary/aromatic N) is 2. The maximum absolute atomic E-state index is 12.2. The number of rotatable bonds is 4. The van der Waals surface area contributed by atoms with E-state index in [1.807, 2.05) is 0 Å². The van der Waals surface area contributed by atoms with Crippen LogP contribution >= 0.6 is 0 Å². The van der Waals surface area contributed by atoms with Crippen molar-refractivity contribution in [1.29, 1.82) is 0 Å². The number of ether oxygens (including phenoxy) is 1. The average molecular weight is 312 g/mol. The zero-order valence-electron chi connectivity index (χ0n) is 10.7. The maximum atomic E-state index is 12.2. The molecule has 22 heavy (non-hydrogen) atoms. The van der Waals surface area contributed by atoms with Gasteiger partial charge in [0, 0.05) is 29.6 Å². The fourth-order valence-corrected chi connectivity index (χ4v) is 1.68. The van der Waals surface area contributed by atoms with Crippen LogP contribution in [0.4, 0.5) is 18.9 Å². The molecule has 0 amide bonds. The first-order valence-electron chi connectivity index (χ1n) is 5.77. The van der Waals surface area contributed by atoms with Gasteiger partial charge in [0.25, 0.3) is 0 Å². The number of carbonyl (C=O) groups excluding carboxylic acids is 1. The number of pyridine rings is 1. The monoisotopic (exact) mass is 312 g/mol. The molecule has 0 atom stereocenters. The third kappa shape index (κ3) is 3.57. The molecule has 9 heteroatoms. The minimum Gasteiger partial charge on any atom is -0.398 e. The van der Waals surface area contributed by atoms with Crippen molar-refractivity contribution in [1.82, 2.24) is 4.98 Å². The maximum Gasteiger partial charge on any atom is 0.573 e. The van der Waals surface area contributed by atoms with Gasteiger partial charge >= 0.3 is 12.0 Å². The van der Waals surface area contributed by atoms with E-state index in [1.54, 1.807) is 0 Å². The standard InChI is InChI=1S/C13H7F3N2O4/c14-13(15,16)22-11-4-3-8(6-10(11)18(20)21)12(19)9-2-1-5-17-7-9/h1-7H. The second kappa shape index (κ2) is 5.80. The lowest BCUT2D eigenvalue weighted by atomic mass is 10.0. The van der Waals surface area contributed by atoms with E-state index >= 15 is 0 Å². The van der Waals surface area contributed by atoms with E-state index in [1.165, 1.54) is 24.5 Å². The summed E-state index contributed by atoms with van der Waals surface area (Å²) in [5.41, 5.74) is -0.942. The zero-order valence-corrected chi connectivity index (χ0v) is 10.7. The van der Waals surface area contributed by atoms with Gasteiger partial charge in [0.1, 0.15) is 0 Å². The van der Waals surface area contributed by atoms with Gasteiger partial charge in [-0.15, -0.1) is 13.2 Å². The highest BCUT2D eigenvalue weighted by atomic mass is 19.4. The Labute approximate surface area is 121 Å². The van der Waals surface area contributed by atoms with Gasteiger partial charge in [-0.3, -0.25) is 19.9 Å². The topological polar surface area (TPSA) is 82.3 Å². The molecule has 0 aliphatic rings. The Morgan fingerprint density at radius 2 is 1.95 bits per heavy atom. The number of ketones is 1. The van der Waals surface area contributed by atoms with Crippen molar-refractivity contribution in [2.24, 2.45) is 0 Å². The molecule has 0 saturated heterocycles. The Hall–Kier alpha value is -2.97. The van der Waals surface area contributed by atoms with Gasteiger partial charge in [0.2, 0.25) is 5.75 Å². The molecule has 0 N–H and O–H groups in total. The van der Waals surface area contributed by atoms with Crippen molar-refractivity contribution >= 4 is 11.5 Å². The largest absolute Gasteiger partial charge is 0.573 e. The number of hydrogen-bond acceptors (Lipinski definition) is 5. The van der Waals surface area contributed by atoms with Gasteiger partial charge in [-0.25, -0.2) is 0 Å². The molecule has 2 aromatic rings. The van der Waals surface area contributed by atoms with Crippen LogP contribution in [0.25, 0.3) is 0 Å². The molecule has 0 fully saturated rings. The van der Waals surface area contributed by atoms with E-state index in [-0.39, 0.29) is 11.1 Å². The first kappa shape index (κ1) is 15.4. The lowest BCUT2D eigenvalue weighted by Crippen LogP contribution is -2.18. The number of nitro groups is 1. The van der Waals surface area contributed by atoms with Crippen LogP contribution in [0.15, 0.2) is 42.7 Å². The van der Waals surface area contributed by atoms with Gasteiger partial charge in [0.05, 0.1) is 4.92 Å². The van der Waals surface area contributed by atoms with Gasteiger partial charge in [-0.05, 0) is 24.3 Å². The molecular formula is C13H7F3N2O4. The summed E-state index contributed by atoms with van der Waals surface area (Å²) >= 11 is 0. The number of alkyl halides is 3. The fourth-order valence-electron chi connectivity index (χ4n) is 1.68. The zero-order chi connectivity index (χ0) is 16.3. The number of aromatic nitrogens is 1. The summed E-state index contributed by atoms with van der Waals surface area (Å²) in [4.78, 5) is 25.6. The molecule has 0 saturated carbocycles. The summed E-state index contributed by atoms with van der Waals surface area (Å²) in [5.74, 6) is -1.59. The summed E-state index contributed by atoms with van der Waals surface area (Å²) in [7, 11) is 0. The minimum atomic E-state index is -5.07. The molecule has 0 aliphatic heterocycles. The second-order valence-electron chi connectivity index (χ2n) is 4.06. The van der Waals surface area contributed by atoms with E-state index in [0.29, 0.717) is 0 Å². The first-order chi connectivity index (χ1) is 10.3. The predicted molar refractivity (Wildman–Crippen MR) is 67.4 cm³/mol. The molecule has 0 radical (unpaired) electrons. The lowest BCUT2D eigenvalue weighted by molar-refractivity contribution is -0.388. The normalized spacial score (nSPS) is 11.0. The Balaban J connectivity index is 2.42. The van der Waals surface area contributed by atoms with Crippen LogP contribution in [0.2, 0.25) is 0 Å². The Morgan fingerprint density at radius 3 is 2.50 bits per heavy atom. The van der Waals surface area contributed by atoms with E-state index in [2.05, 4.69) is 9.72 Å². The lowest BCUT2D eigenvalue weighted by Gasteiger charge is -2.09. The molecule has 1 aromatic heterocycles. The third-order valence-corrected chi connectivity index (χ3v) is 2.57. The van der Waals surface area contributed by atoms with Crippen LogP contribution in [-0.4, -0.2) is 22.1 Å². The van der Waals surface area contributed by atoms with E-state index in [9.17, 15) is 28.1 Å². The van der Waals surface area contributed by atoms with E-state index in [0.717, 1.165) is 18.2 Å². The van der Waals surface area contributed by atoms with Gasteiger partial charge < -0.3 is 4.74 Å². The highest BCUT2D eigenvalue weighted by Crippen LogP contribution is 2.33. The number of benzene rings is 1. The molecule has 1 heterocycles. The molecule has 0 bridgehead atoms. The van der Waals surface area contributed by atoms with Crippen molar-refractivity contribution in [2.75, 3.05) is 0 Å². The van der Waals surface area contributed by atoms with Gasteiger partial charge in [-0.2, -0.15) is 0 Å². The molecule has 6 nitrogen and oxygen atoms in total. The fraction of sp³-hybridized carbons (Fsp3) is 0.0769. The molecule has 2 rings (SSSR count). The predicted octanol–water partition coefficient (Wildman–Crippen LogP) is 3.12.